The minimum absolute atomic E-state index is 0.0461. The number of carbonyl (C=O) groups is 1. The number of nitrogens with one attached hydrogen (secondary N) is 1. The van der Waals surface area contributed by atoms with E-state index in [0.29, 0.717) is 43.6 Å². The van der Waals surface area contributed by atoms with Crippen molar-refractivity contribution in [3.05, 3.63) is 109 Å². The summed E-state index contributed by atoms with van der Waals surface area (Å²) in [5.41, 5.74) is 0.290. The molecule has 0 aromatic heterocycles. The molecule has 1 fully saturated rings. The molecule has 1 heterocycles. The van der Waals surface area contributed by atoms with Gasteiger partial charge in [-0.1, -0.05) is 36.4 Å². The van der Waals surface area contributed by atoms with Crippen LogP contribution in [0.15, 0.2) is 119 Å². The van der Waals surface area contributed by atoms with Crippen molar-refractivity contribution in [2.45, 2.75) is 9.79 Å². The van der Waals surface area contributed by atoms with Gasteiger partial charge >= 0.3 is 0 Å². The molecule has 236 valence electrons. The van der Waals surface area contributed by atoms with Crippen LogP contribution in [0.4, 0.5) is 5.69 Å². The third-order valence-electron chi connectivity index (χ3n) is 6.85. The molecule has 0 unspecified atom stereocenters. The Balaban J connectivity index is 1.20. The maximum Gasteiger partial charge on any atom is 0.264 e. The average molecular weight is 652 g/mol. The summed E-state index contributed by atoms with van der Waals surface area (Å²) < 4.78 is 71.9. The largest absolute Gasteiger partial charge is 0.492 e. The second-order valence-corrected chi connectivity index (χ2v) is 13.7. The van der Waals surface area contributed by atoms with Crippen LogP contribution in [-0.4, -0.2) is 73.0 Å². The summed E-state index contributed by atoms with van der Waals surface area (Å²) in [6.45, 7) is 1.03. The lowest BCUT2D eigenvalue weighted by Gasteiger charge is -2.26. The molecule has 0 spiro atoms. The third kappa shape index (κ3) is 8.19. The Labute approximate surface area is 263 Å². The van der Waals surface area contributed by atoms with Crippen molar-refractivity contribution in [2.75, 3.05) is 50.3 Å². The van der Waals surface area contributed by atoms with Gasteiger partial charge in [-0.05, 0) is 72.8 Å². The predicted molar refractivity (Wildman–Crippen MR) is 168 cm³/mol. The summed E-state index contributed by atoms with van der Waals surface area (Å²) in [5, 5.41) is 2.69. The first kappa shape index (κ1) is 32.0. The zero-order valence-corrected chi connectivity index (χ0v) is 26.0. The van der Waals surface area contributed by atoms with Crippen molar-refractivity contribution in [3.8, 4) is 17.2 Å². The van der Waals surface area contributed by atoms with Crippen molar-refractivity contribution < 1.29 is 35.8 Å². The van der Waals surface area contributed by atoms with Crippen molar-refractivity contribution in [1.82, 2.24) is 9.62 Å². The van der Waals surface area contributed by atoms with Crippen LogP contribution in [0.3, 0.4) is 0 Å². The van der Waals surface area contributed by atoms with Crippen molar-refractivity contribution >= 4 is 31.6 Å². The summed E-state index contributed by atoms with van der Waals surface area (Å²) >= 11 is 0. The molecule has 1 saturated heterocycles. The van der Waals surface area contributed by atoms with Crippen LogP contribution in [-0.2, 0) is 29.6 Å². The van der Waals surface area contributed by atoms with E-state index in [9.17, 15) is 21.6 Å². The fourth-order valence-corrected chi connectivity index (χ4v) is 7.38. The zero-order chi connectivity index (χ0) is 31.7. The summed E-state index contributed by atoms with van der Waals surface area (Å²) in [4.78, 5) is 13.2. The number of morpholine rings is 1. The Bertz CT molecular complexity index is 1760. The van der Waals surface area contributed by atoms with Gasteiger partial charge in [-0.15, -0.1) is 0 Å². The number of carbonyl (C=O) groups excluding carboxylic acids is 1. The quantitative estimate of drug-likeness (QED) is 0.216. The molecule has 1 aliphatic rings. The summed E-state index contributed by atoms with van der Waals surface area (Å²) in [5.74, 6) is 1.04. The van der Waals surface area contributed by atoms with Crippen molar-refractivity contribution in [2.24, 2.45) is 0 Å². The molecule has 4 aromatic carbocycles. The number of amides is 1. The van der Waals surface area contributed by atoms with Crippen LogP contribution in [0.5, 0.6) is 17.2 Å². The van der Waals surface area contributed by atoms with Crippen LogP contribution in [0.2, 0.25) is 0 Å². The van der Waals surface area contributed by atoms with E-state index in [1.165, 1.54) is 28.6 Å². The van der Waals surface area contributed by atoms with Gasteiger partial charge in [-0.2, -0.15) is 4.31 Å². The van der Waals surface area contributed by atoms with E-state index in [1.54, 1.807) is 66.7 Å². The van der Waals surface area contributed by atoms with Crippen LogP contribution < -0.4 is 19.1 Å². The Morgan fingerprint density at radius 3 is 1.96 bits per heavy atom. The second-order valence-electron chi connectivity index (χ2n) is 9.92. The molecule has 11 nitrogen and oxygen atoms in total. The molecule has 1 amide bonds. The summed E-state index contributed by atoms with van der Waals surface area (Å²) in [6.07, 6.45) is 0. The van der Waals surface area contributed by atoms with Crippen molar-refractivity contribution in [1.29, 1.82) is 0 Å². The van der Waals surface area contributed by atoms with Gasteiger partial charge in [0.2, 0.25) is 15.9 Å². The molecule has 0 aliphatic carbocycles. The van der Waals surface area contributed by atoms with Gasteiger partial charge in [-0.3, -0.25) is 9.10 Å². The molecule has 0 saturated carbocycles. The maximum atomic E-state index is 13.6. The molecule has 13 heteroatoms. The topological polar surface area (TPSA) is 132 Å². The van der Waals surface area contributed by atoms with E-state index in [2.05, 4.69) is 5.32 Å². The van der Waals surface area contributed by atoms with Crippen LogP contribution in [0.25, 0.3) is 0 Å². The number of nitrogens with zero attached hydrogens (tertiary/aromatic N) is 2. The fraction of sp³-hybridized carbons (Fsp3) is 0.219. The average Bonchev–Trinajstić information content (AvgIpc) is 3.07. The highest BCUT2D eigenvalue weighted by molar-refractivity contribution is 7.92. The Hall–Kier alpha value is -4.43. The van der Waals surface area contributed by atoms with Gasteiger partial charge in [0.05, 0.1) is 35.2 Å². The van der Waals surface area contributed by atoms with E-state index < -0.39 is 32.5 Å². The smallest absolute Gasteiger partial charge is 0.264 e. The molecule has 0 radical (unpaired) electrons. The maximum absolute atomic E-state index is 13.6. The minimum Gasteiger partial charge on any atom is -0.492 e. The van der Waals surface area contributed by atoms with Gasteiger partial charge in [-0.25, -0.2) is 16.8 Å². The predicted octanol–water partition coefficient (Wildman–Crippen LogP) is 3.89. The Morgan fingerprint density at radius 1 is 0.733 bits per heavy atom. The zero-order valence-electron chi connectivity index (χ0n) is 24.3. The highest BCUT2D eigenvalue weighted by Crippen LogP contribution is 2.28. The van der Waals surface area contributed by atoms with Crippen LogP contribution in [0, 0.1) is 0 Å². The Morgan fingerprint density at radius 2 is 1.31 bits per heavy atom. The van der Waals surface area contributed by atoms with E-state index in [4.69, 9.17) is 14.2 Å². The van der Waals surface area contributed by atoms with Gasteiger partial charge in [0.15, 0.2) is 0 Å². The molecular formula is C32H33N3O8S2. The first-order valence-corrected chi connectivity index (χ1v) is 17.1. The van der Waals surface area contributed by atoms with Gasteiger partial charge in [0, 0.05) is 13.1 Å². The summed E-state index contributed by atoms with van der Waals surface area (Å²) in [6, 6.07) is 29.5. The van der Waals surface area contributed by atoms with E-state index >= 15 is 0 Å². The molecule has 0 bridgehead atoms. The molecular weight excluding hydrogens is 618 g/mol. The van der Waals surface area contributed by atoms with Crippen molar-refractivity contribution in [3.63, 3.8) is 0 Å². The molecule has 1 N–H and O–H groups in total. The first-order valence-electron chi connectivity index (χ1n) is 14.2. The molecule has 45 heavy (non-hydrogen) atoms. The molecule has 4 aromatic rings. The van der Waals surface area contributed by atoms with Crippen LogP contribution in [0.1, 0.15) is 0 Å². The lowest BCUT2D eigenvalue weighted by atomic mass is 10.3. The lowest BCUT2D eigenvalue weighted by Crippen LogP contribution is -2.41. The number of para-hydroxylation sites is 1. The Kier molecular flexibility index (Phi) is 10.4. The van der Waals surface area contributed by atoms with Gasteiger partial charge < -0.3 is 19.5 Å². The number of rotatable bonds is 13. The monoisotopic (exact) mass is 651 g/mol. The highest BCUT2D eigenvalue weighted by atomic mass is 32.2. The number of sulfonamides is 2. The normalized spacial score (nSPS) is 14.0. The number of hydrogen-bond acceptors (Lipinski definition) is 8. The van der Waals surface area contributed by atoms with Crippen LogP contribution >= 0.6 is 0 Å². The number of ether oxygens (including phenoxy) is 3. The fourth-order valence-electron chi connectivity index (χ4n) is 4.53. The highest BCUT2D eigenvalue weighted by Gasteiger charge is 2.28. The van der Waals surface area contributed by atoms with E-state index in [0.717, 1.165) is 4.31 Å². The van der Waals surface area contributed by atoms with E-state index in [1.807, 2.05) is 18.2 Å². The minimum atomic E-state index is -4.08. The second kappa shape index (κ2) is 14.6. The number of benzene rings is 4. The van der Waals surface area contributed by atoms with Gasteiger partial charge in [0.1, 0.15) is 30.4 Å². The lowest BCUT2D eigenvalue weighted by molar-refractivity contribution is -0.119. The standard InChI is InChI=1S/C32H33N3O8S2/c36-32(33-19-22-42-27-15-17-31(18-16-27)44(37,38)34-20-23-41-24-21-34)25-35(45(39,40)30-9-5-2-6-10-30)26-11-13-29(14-12-26)43-28-7-3-1-4-8-28/h1-18H,19-25H2,(H,33,36). The number of hydrogen-bond donors (Lipinski definition) is 1. The summed E-state index contributed by atoms with van der Waals surface area (Å²) in [7, 11) is -7.70. The molecule has 0 atom stereocenters. The van der Waals surface area contributed by atoms with Gasteiger partial charge in [0.25, 0.3) is 10.0 Å². The first-order chi connectivity index (χ1) is 21.7. The molecule has 1 aliphatic heterocycles. The third-order valence-corrected chi connectivity index (χ3v) is 10.5. The SMILES string of the molecule is O=C(CN(c1ccc(Oc2ccccc2)cc1)S(=O)(=O)c1ccccc1)NCCOc1ccc(S(=O)(=O)N2CCOCC2)cc1. The molecule has 5 rings (SSSR count). The van der Waals surface area contributed by atoms with E-state index in [-0.39, 0.29) is 28.6 Å². The number of anilines is 1.